The van der Waals surface area contributed by atoms with E-state index in [4.69, 9.17) is 0 Å². The van der Waals surface area contributed by atoms with Crippen molar-refractivity contribution in [2.75, 3.05) is 7.11 Å². The molecule has 4 heteroatoms. The second-order valence-corrected chi connectivity index (χ2v) is 2.94. The fourth-order valence-electron chi connectivity index (χ4n) is 1.16. The average molecular weight is 194 g/mol. The Morgan fingerprint density at radius 2 is 2.50 bits per heavy atom. The van der Waals surface area contributed by atoms with Crippen molar-refractivity contribution in [1.29, 1.82) is 0 Å². The first-order chi connectivity index (χ1) is 6.83. The summed E-state index contributed by atoms with van der Waals surface area (Å²) < 4.78 is 0. The molecule has 1 aromatic rings. The van der Waals surface area contributed by atoms with Crippen molar-refractivity contribution in [3.05, 3.63) is 30.1 Å². The first-order valence-corrected chi connectivity index (χ1v) is 4.53. The number of nitrogens with one attached hydrogen (secondary N) is 1. The number of carbonyl (C=O) groups excluding carboxylic acids is 1. The van der Waals surface area contributed by atoms with Gasteiger partial charge in [0.15, 0.2) is 0 Å². The number of rotatable bonds is 5. The summed E-state index contributed by atoms with van der Waals surface area (Å²) in [6.45, 7) is 0. The zero-order chi connectivity index (χ0) is 10.2. The number of hydrogen-bond donors (Lipinski definition) is 1. The minimum absolute atomic E-state index is 0.0867. The lowest BCUT2D eigenvalue weighted by atomic mass is 10.1. The summed E-state index contributed by atoms with van der Waals surface area (Å²) in [5, 5.41) is 0. The largest absolute Gasteiger partial charge is 0.277 e. The van der Waals surface area contributed by atoms with E-state index < -0.39 is 0 Å². The van der Waals surface area contributed by atoms with E-state index in [9.17, 15) is 4.79 Å². The maximum Gasteiger partial charge on any atom is 0.243 e. The Morgan fingerprint density at radius 1 is 1.64 bits per heavy atom. The Balaban J connectivity index is 2.19. The van der Waals surface area contributed by atoms with E-state index in [0.717, 1.165) is 18.4 Å². The molecule has 76 valence electrons. The summed E-state index contributed by atoms with van der Waals surface area (Å²) in [4.78, 5) is 19.5. The van der Waals surface area contributed by atoms with Crippen LogP contribution in [0.25, 0.3) is 0 Å². The van der Waals surface area contributed by atoms with Gasteiger partial charge in [0.1, 0.15) is 0 Å². The van der Waals surface area contributed by atoms with Gasteiger partial charge in [0.05, 0.1) is 7.11 Å². The van der Waals surface area contributed by atoms with Crippen molar-refractivity contribution in [3.8, 4) is 0 Å². The SMILES string of the molecule is CONC(=O)CCCc1cccnc1. The minimum atomic E-state index is -0.0867. The number of hydrogen-bond acceptors (Lipinski definition) is 3. The van der Waals surface area contributed by atoms with Crippen LogP contribution in [0.4, 0.5) is 0 Å². The Kier molecular flexibility index (Phi) is 4.64. The lowest BCUT2D eigenvalue weighted by Crippen LogP contribution is -2.21. The molecule has 0 saturated heterocycles. The van der Waals surface area contributed by atoms with Crippen LogP contribution in [0.2, 0.25) is 0 Å². The molecule has 0 bridgehead atoms. The molecule has 1 amide bonds. The molecule has 0 saturated carbocycles. The van der Waals surface area contributed by atoms with Gasteiger partial charge in [-0.25, -0.2) is 5.48 Å². The van der Waals surface area contributed by atoms with Crippen LogP contribution in [0.3, 0.4) is 0 Å². The average Bonchev–Trinajstić information content (AvgIpc) is 2.20. The molecule has 0 fully saturated rings. The van der Waals surface area contributed by atoms with Gasteiger partial charge in [-0.3, -0.25) is 14.6 Å². The topological polar surface area (TPSA) is 51.2 Å². The van der Waals surface area contributed by atoms with Crippen LogP contribution >= 0.6 is 0 Å². The molecule has 1 rings (SSSR count). The number of aromatic nitrogens is 1. The fourth-order valence-corrected chi connectivity index (χ4v) is 1.16. The Morgan fingerprint density at radius 3 is 3.14 bits per heavy atom. The standard InChI is InChI=1S/C10H14N2O2/c1-14-12-10(13)6-2-4-9-5-3-7-11-8-9/h3,5,7-8H,2,4,6H2,1H3,(H,12,13). The number of aryl methyl sites for hydroxylation is 1. The first kappa shape index (κ1) is 10.7. The Hall–Kier alpha value is -1.42. The molecular formula is C10H14N2O2. The molecule has 0 radical (unpaired) electrons. The number of pyridine rings is 1. The van der Waals surface area contributed by atoms with Gasteiger partial charge in [0, 0.05) is 18.8 Å². The van der Waals surface area contributed by atoms with Gasteiger partial charge < -0.3 is 0 Å². The first-order valence-electron chi connectivity index (χ1n) is 4.53. The summed E-state index contributed by atoms with van der Waals surface area (Å²) >= 11 is 0. The molecule has 0 aliphatic heterocycles. The smallest absolute Gasteiger partial charge is 0.243 e. The fraction of sp³-hybridized carbons (Fsp3) is 0.400. The lowest BCUT2D eigenvalue weighted by Gasteiger charge is -2.01. The molecule has 4 nitrogen and oxygen atoms in total. The third-order valence-corrected chi connectivity index (χ3v) is 1.81. The summed E-state index contributed by atoms with van der Waals surface area (Å²) in [5.74, 6) is -0.0867. The summed E-state index contributed by atoms with van der Waals surface area (Å²) in [7, 11) is 1.43. The predicted octanol–water partition coefficient (Wildman–Crippen LogP) is 1.08. The second kappa shape index (κ2) is 6.10. The van der Waals surface area contributed by atoms with Crippen LogP contribution in [0.5, 0.6) is 0 Å². The second-order valence-electron chi connectivity index (χ2n) is 2.94. The van der Waals surface area contributed by atoms with Gasteiger partial charge in [-0.15, -0.1) is 0 Å². The highest BCUT2D eigenvalue weighted by Crippen LogP contribution is 2.02. The number of hydroxylamine groups is 1. The van der Waals surface area contributed by atoms with Crippen LogP contribution < -0.4 is 5.48 Å². The highest BCUT2D eigenvalue weighted by Gasteiger charge is 1.99. The molecule has 1 aromatic heterocycles. The van der Waals surface area contributed by atoms with Gasteiger partial charge in [-0.05, 0) is 24.5 Å². The summed E-state index contributed by atoms with van der Waals surface area (Å²) in [6.07, 6.45) is 5.70. The monoisotopic (exact) mass is 194 g/mol. The van der Waals surface area contributed by atoms with Crippen molar-refractivity contribution in [3.63, 3.8) is 0 Å². The molecule has 1 heterocycles. The summed E-state index contributed by atoms with van der Waals surface area (Å²) in [6, 6.07) is 3.89. The van der Waals surface area contributed by atoms with Gasteiger partial charge >= 0.3 is 0 Å². The molecule has 0 unspecified atom stereocenters. The van der Waals surface area contributed by atoms with Gasteiger partial charge in [0.25, 0.3) is 0 Å². The van der Waals surface area contributed by atoms with Crippen LogP contribution in [-0.2, 0) is 16.1 Å². The summed E-state index contributed by atoms with van der Waals surface area (Å²) in [5.41, 5.74) is 3.43. The Bertz CT molecular complexity index is 275. The van der Waals surface area contributed by atoms with Crippen molar-refractivity contribution in [1.82, 2.24) is 10.5 Å². The highest BCUT2D eigenvalue weighted by molar-refractivity contribution is 5.74. The third-order valence-electron chi connectivity index (χ3n) is 1.81. The molecule has 0 aliphatic rings. The van der Waals surface area contributed by atoms with E-state index in [0.29, 0.717) is 6.42 Å². The van der Waals surface area contributed by atoms with E-state index in [1.165, 1.54) is 7.11 Å². The molecule has 14 heavy (non-hydrogen) atoms. The predicted molar refractivity (Wildman–Crippen MR) is 52.3 cm³/mol. The molecular weight excluding hydrogens is 180 g/mol. The minimum Gasteiger partial charge on any atom is -0.277 e. The number of nitrogens with zero attached hydrogens (tertiary/aromatic N) is 1. The highest BCUT2D eigenvalue weighted by atomic mass is 16.6. The molecule has 1 N–H and O–H groups in total. The molecule has 0 aromatic carbocycles. The number of carbonyl (C=O) groups is 1. The lowest BCUT2D eigenvalue weighted by molar-refractivity contribution is -0.131. The van der Waals surface area contributed by atoms with E-state index in [1.54, 1.807) is 6.20 Å². The van der Waals surface area contributed by atoms with Crippen molar-refractivity contribution < 1.29 is 9.63 Å². The molecule has 0 atom stereocenters. The molecule has 0 aliphatic carbocycles. The van der Waals surface area contributed by atoms with Crippen molar-refractivity contribution in [2.24, 2.45) is 0 Å². The van der Waals surface area contributed by atoms with Crippen LogP contribution in [0.15, 0.2) is 24.5 Å². The third kappa shape index (κ3) is 4.00. The maximum absolute atomic E-state index is 11.0. The van der Waals surface area contributed by atoms with Gasteiger partial charge in [-0.2, -0.15) is 0 Å². The zero-order valence-electron chi connectivity index (χ0n) is 8.19. The van der Waals surface area contributed by atoms with Crippen LogP contribution in [0.1, 0.15) is 18.4 Å². The van der Waals surface area contributed by atoms with Gasteiger partial charge in [-0.1, -0.05) is 6.07 Å². The van der Waals surface area contributed by atoms with Crippen molar-refractivity contribution in [2.45, 2.75) is 19.3 Å². The zero-order valence-corrected chi connectivity index (χ0v) is 8.19. The normalized spacial score (nSPS) is 9.79. The van der Waals surface area contributed by atoms with E-state index in [2.05, 4.69) is 15.3 Å². The quantitative estimate of drug-likeness (QED) is 0.714. The van der Waals surface area contributed by atoms with Crippen LogP contribution in [-0.4, -0.2) is 18.0 Å². The maximum atomic E-state index is 11.0. The van der Waals surface area contributed by atoms with Crippen molar-refractivity contribution >= 4 is 5.91 Å². The van der Waals surface area contributed by atoms with Crippen LogP contribution in [0, 0.1) is 0 Å². The Labute approximate surface area is 83.3 Å². The van der Waals surface area contributed by atoms with E-state index in [1.807, 2.05) is 18.3 Å². The number of amides is 1. The molecule has 0 spiro atoms. The van der Waals surface area contributed by atoms with E-state index in [-0.39, 0.29) is 5.91 Å². The van der Waals surface area contributed by atoms with Gasteiger partial charge in [0.2, 0.25) is 5.91 Å². The van der Waals surface area contributed by atoms with E-state index >= 15 is 0 Å².